The van der Waals surface area contributed by atoms with E-state index in [4.69, 9.17) is 9.47 Å². The van der Waals surface area contributed by atoms with E-state index >= 15 is 0 Å². The van der Waals surface area contributed by atoms with E-state index in [1.165, 1.54) is 12.0 Å². The minimum absolute atomic E-state index is 0.191. The molecule has 36 heavy (non-hydrogen) atoms. The molecule has 0 aliphatic carbocycles. The van der Waals surface area contributed by atoms with Crippen molar-refractivity contribution in [1.29, 1.82) is 0 Å². The van der Waals surface area contributed by atoms with Crippen molar-refractivity contribution in [2.45, 2.75) is 13.3 Å². The zero-order valence-corrected chi connectivity index (χ0v) is 20.8. The normalized spacial score (nSPS) is 14.3. The first kappa shape index (κ1) is 25.1. The lowest BCUT2D eigenvalue weighted by Gasteiger charge is -2.12. The van der Waals surface area contributed by atoms with Gasteiger partial charge in [-0.25, -0.2) is 0 Å². The Kier molecular flexibility index (Phi) is 8.07. The van der Waals surface area contributed by atoms with Crippen LogP contribution >= 0.6 is 11.8 Å². The van der Waals surface area contributed by atoms with Crippen LogP contribution in [0.5, 0.6) is 11.5 Å². The molecule has 7 nitrogen and oxygen atoms in total. The molecule has 0 radical (unpaired) electrons. The van der Waals surface area contributed by atoms with Gasteiger partial charge in [0, 0.05) is 12.2 Å². The van der Waals surface area contributed by atoms with Crippen molar-refractivity contribution < 1.29 is 23.9 Å². The largest absolute Gasteiger partial charge is 0.493 e. The predicted molar refractivity (Wildman–Crippen MR) is 141 cm³/mol. The van der Waals surface area contributed by atoms with E-state index in [2.05, 4.69) is 5.32 Å². The number of ether oxygens (including phenoxy) is 2. The van der Waals surface area contributed by atoms with Gasteiger partial charge in [0.15, 0.2) is 18.1 Å². The third kappa shape index (κ3) is 6.34. The number of amides is 3. The predicted octanol–water partition coefficient (Wildman–Crippen LogP) is 5.30. The van der Waals surface area contributed by atoms with E-state index in [1.54, 1.807) is 24.3 Å². The Bertz CT molecular complexity index is 1290. The summed E-state index contributed by atoms with van der Waals surface area (Å²) >= 11 is 0.919. The monoisotopic (exact) mass is 502 g/mol. The van der Waals surface area contributed by atoms with Gasteiger partial charge in [0.25, 0.3) is 17.1 Å². The summed E-state index contributed by atoms with van der Waals surface area (Å²) in [7, 11) is 1.50. The molecule has 0 atom stereocenters. The van der Waals surface area contributed by atoms with Gasteiger partial charge in [-0.05, 0) is 66.6 Å². The Hall–Kier alpha value is -4.04. The molecular weight excluding hydrogens is 476 g/mol. The van der Waals surface area contributed by atoms with Crippen molar-refractivity contribution >= 4 is 40.6 Å². The quantitative estimate of drug-likeness (QED) is 0.400. The van der Waals surface area contributed by atoms with Crippen molar-refractivity contribution in [1.82, 2.24) is 4.90 Å². The number of nitrogens with zero attached hydrogens (tertiary/aromatic N) is 1. The smallest absolute Gasteiger partial charge is 0.293 e. The van der Waals surface area contributed by atoms with Gasteiger partial charge in [0.05, 0.1) is 12.0 Å². The number of hydrogen-bond donors (Lipinski definition) is 1. The number of methoxy groups -OCH3 is 1. The highest BCUT2D eigenvalue weighted by Gasteiger charge is 2.34. The fraction of sp³-hybridized carbons (Fsp3) is 0.179. The number of imide groups is 1. The van der Waals surface area contributed by atoms with Gasteiger partial charge in [-0.15, -0.1) is 0 Å². The molecule has 0 spiro atoms. The zero-order chi connectivity index (χ0) is 25.5. The van der Waals surface area contributed by atoms with Crippen molar-refractivity contribution in [3.05, 3.63) is 94.4 Å². The summed E-state index contributed by atoms with van der Waals surface area (Å²) in [5, 5.41) is 2.50. The molecule has 8 heteroatoms. The van der Waals surface area contributed by atoms with Crippen LogP contribution in [0.25, 0.3) is 6.08 Å². The summed E-state index contributed by atoms with van der Waals surface area (Å²) in [4.78, 5) is 39.1. The second-order valence-electron chi connectivity index (χ2n) is 8.18. The lowest BCUT2D eigenvalue weighted by Crippen LogP contribution is -2.30. The number of aryl methyl sites for hydroxylation is 1. The maximum absolute atomic E-state index is 12.8. The molecule has 1 heterocycles. The highest BCUT2D eigenvalue weighted by Crippen LogP contribution is 2.34. The van der Waals surface area contributed by atoms with E-state index < -0.39 is 0 Å². The highest BCUT2D eigenvalue weighted by molar-refractivity contribution is 8.18. The standard InChI is InChI=1S/C28H26N2O5S/c1-19-8-11-22(12-9-19)29-26(31)18-35-23-13-10-21(16-24(23)34-2)17-25-27(32)30(28(33)36-25)15-14-20-6-4-3-5-7-20/h3-13,16-17H,14-15,18H2,1-2H3,(H,29,31)/b25-17+. The van der Waals surface area contributed by atoms with Crippen LogP contribution in [-0.4, -0.2) is 42.2 Å². The number of nitrogens with one attached hydrogen (secondary N) is 1. The third-order valence-electron chi connectivity index (χ3n) is 5.52. The average molecular weight is 503 g/mol. The molecule has 1 N–H and O–H groups in total. The Morgan fingerprint density at radius 1 is 1.00 bits per heavy atom. The molecule has 1 aliphatic heterocycles. The van der Waals surface area contributed by atoms with Crippen LogP contribution < -0.4 is 14.8 Å². The highest BCUT2D eigenvalue weighted by atomic mass is 32.2. The molecule has 1 aliphatic rings. The molecule has 1 saturated heterocycles. The third-order valence-corrected chi connectivity index (χ3v) is 6.43. The average Bonchev–Trinajstić information content (AvgIpc) is 3.15. The van der Waals surface area contributed by atoms with E-state index in [1.807, 2.05) is 61.5 Å². The summed E-state index contributed by atoms with van der Waals surface area (Å²) in [6.07, 6.45) is 2.26. The second-order valence-corrected chi connectivity index (χ2v) is 9.18. The Labute approximate surface area is 214 Å². The van der Waals surface area contributed by atoms with Crippen molar-refractivity contribution in [2.75, 3.05) is 25.6 Å². The summed E-state index contributed by atoms with van der Waals surface area (Å²) in [6.45, 7) is 2.11. The molecule has 3 aromatic carbocycles. The molecule has 4 rings (SSSR count). The van der Waals surface area contributed by atoms with Crippen LogP contribution in [0, 0.1) is 6.92 Å². The number of carbonyl (C=O) groups excluding carboxylic acids is 3. The van der Waals surface area contributed by atoms with Gasteiger partial charge in [0.2, 0.25) is 0 Å². The Morgan fingerprint density at radius 2 is 1.75 bits per heavy atom. The maximum Gasteiger partial charge on any atom is 0.293 e. The number of rotatable bonds is 9. The Morgan fingerprint density at radius 3 is 2.47 bits per heavy atom. The van der Waals surface area contributed by atoms with E-state index in [9.17, 15) is 14.4 Å². The summed E-state index contributed by atoms with van der Waals surface area (Å²) in [5.41, 5.74) is 3.53. The van der Waals surface area contributed by atoms with Gasteiger partial charge in [-0.2, -0.15) is 0 Å². The molecule has 0 bridgehead atoms. The van der Waals surface area contributed by atoms with Crippen molar-refractivity contribution in [3.8, 4) is 11.5 Å². The van der Waals surface area contributed by atoms with E-state index in [0.29, 0.717) is 40.6 Å². The van der Waals surface area contributed by atoms with Crippen LogP contribution in [0.1, 0.15) is 16.7 Å². The van der Waals surface area contributed by atoms with Gasteiger partial charge >= 0.3 is 0 Å². The number of benzene rings is 3. The van der Waals surface area contributed by atoms with Gasteiger partial charge < -0.3 is 14.8 Å². The van der Waals surface area contributed by atoms with Crippen LogP contribution in [-0.2, 0) is 16.0 Å². The van der Waals surface area contributed by atoms with Crippen LogP contribution in [0.3, 0.4) is 0 Å². The SMILES string of the molecule is COc1cc(/C=C2/SC(=O)N(CCc3ccccc3)C2=O)ccc1OCC(=O)Nc1ccc(C)cc1. The summed E-state index contributed by atoms with van der Waals surface area (Å²) in [6, 6.07) is 22.3. The van der Waals surface area contributed by atoms with Crippen LogP contribution in [0.15, 0.2) is 77.7 Å². The van der Waals surface area contributed by atoms with Crippen LogP contribution in [0.2, 0.25) is 0 Å². The number of thioether (sulfide) groups is 1. The lowest BCUT2D eigenvalue weighted by atomic mass is 10.1. The first-order chi connectivity index (χ1) is 17.4. The first-order valence-corrected chi connectivity index (χ1v) is 12.2. The summed E-state index contributed by atoms with van der Waals surface area (Å²) in [5.74, 6) is 0.196. The number of carbonyl (C=O) groups is 3. The fourth-order valence-corrected chi connectivity index (χ4v) is 4.47. The van der Waals surface area contributed by atoms with E-state index in [-0.39, 0.29) is 23.7 Å². The van der Waals surface area contributed by atoms with E-state index in [0.717, 1.165) is 22.9 Å². The summed E-state index contributed by atoms with van der Waals surface area (Å²) < 4.78 is 11.1. The molecule has 0 unspecified atom stereocenters. The molecule has 184 valence electrons. The molecule has 0 aromatic heterocycles. The maximum atomic E-state index is 12.8. The van der Waals surface area contributed by atoms with Crippen molar-refractivity contribution in [2.24, 2.45) is 0 Å². The lowest BCUT2D eigenvalue weighted by molar-refractivity contribution is -0.122. The minimum Gasteiger partial charge on any atom is -0.493 e. The fourth-order valence-electron chi connectivity index (χ4n) is 3.60. The zero-order valence-electron chi connectivity index (χ0n) is 20.0. The topological polar surface area (TPSA) is 84.9 Å². The Balaban J connectivity index is 1.38. The molecule has 3 aromatic rings. The number of anilines is 1. The molecule has 1 fully saturated rings. The molecule has 0 saturated carbocycles. The molecule has 3 amide bonds. The minimum atomic E-state index is -0.312. The van der Waals surface area contributed by atoms with Gasteiger partial charge in [0.1, 0.15) is 0 Å². The molecular formula is C28H26N2O5S. The number of hydrogen-bond acceptors (Lipinski definition) is 6. The van der Waals surface area contributed by atoms with Crippen LogP contribution in [0.4, 0.5) is 10.5 Å². The first-order valence-electron chi connectivity index (χ1n) is 11.4. The second kappa shape index (κ2) is 11.6. The van der Waals surface area contributed by atoms with Gasteiger partial charge in [-0.3, -0.25) is 19.3 Å². The van der Waals surface area contributed by atoms with Gasteiger partial charge in [-0.1, -0.05) is 54.1 Å². The van der Waals surface area contributed by atoms with Crippen molar-refractivity contribution in [3.63, 3.8) is 0 Å².